The zero-order chi connectivity index (χ0) is 23.6. The van der Waals surface area contributed by atoms with E-state index in [-0.39, 0.29) is 22.6 Å². The molecule has 0 bridgehead atoms. The summed E-state index contributed by atoms with van der Waals surface area (Å²) in [6.45, 7) is 2.91. The fraction of sp³-hybridized carbons (Fsp3) is 0.417. The lowest BCUT2D eigenvalue weighted by Gasteiger charge is -2.31. The van der Waals surface area contributed by atoms with Gasteiger partial charge >= 0.3 is 0 Å². The maximum Gasteiger partial charge on any atom is 0.243 e. The van der Waals surface area contributed by atoms with Gasteiger partial charge in [0.25, 0.3) is 0 Å². The number of thioether (sulfide) groups is 1. The molecule has 4 rings (SSSR count). The van der Waals surface area contributed by atoms with Crippen molar-refractivity contribution in [3.05, 3.63) is 48.0 Å². The average Bonchev–Trinajstić information content (AvgIpc) is 3.23. The number of nitrogens with zero attached hydrogens (tertiary/aromatic N) is 2. The third-order valence-corrected chi connectivity index (χ3v) is 8.99. The van der Waals surface area contributed by atoms with Gasteiger partial charge in [-0.25, -0.2) is 8.42 Å². The van der Waals surface area contributed by atoms with E-state index in [1.54, 1.807) is 34.9 Å². The largest absolute Gasteiger partial charge is 0.326 e. The van der Waals surface area contributed by atoms with Crippen molar-refractivity contribution >= 4 is 45.0 Å². The summed E-state index contributed by atoms with van der Waals surface area (Å²) >= 11 is 1.62. The highest BCUT2D eigenvalue weighted by Crippen LogP contribution is 2.32. The summed E-state index contributed by atoms with van der Waals surface area (Å²) in [5.41, 5.74) is 2.48. The Labute approximate surface area is 199 Å². The summed E-state index contributed by atoms with van der Waals surface area (Å²) in [5, 5.41) is 2.95. The van der Waals surface area contributed by atoms with Crippen LogP contribution in [0.2, 0.25) is 0 Å². The third-order valence-electron chi connectivity index (χ3n) is 6.37. The zero-order valence-corrected chi connectivity index (χ0v) is 20.5. The zero-order valence-electron chi connectivity index (χ0n) is 18.9. The first-order valence-electron chi connectivity index (χ1n) is 11.1. The highest BCUT2D eigenvalue weighted by Gasteiger charge is 2.32. The predicted molar refractivity (Wildman–Crippen MR) is 131 cm³/mol. The summed E-state index contributed by atoms with van der Waals surface area (Å²) in [4.78, 5) is 27.3. The van der Waals surface area contributed by atoms with Crippen molar-refractivity contribution in [1.29, 1.82) is 0 Å². The predicted octanol–water partition coefficient (Wildman–Crippen LogP) is 3.75. The Hall–Kier alpha value is -2.36. The molecule has 7 nitrogen and oxygen atoms in total. The van der Waals surface area contributed by atoms with Crippen LogP contribution in [-0.2, 0) is 26.0 Å². The lowest BCUT2D eigenvalue weighted by molar-refractivity contribution is -0.117. The number of piperidine rings is 1. The van der Waals surface area contributed by atoms with Crippen LogP contribution in [0.15, 0.2) is 52.3 Å². The fourth-order valence-electron chi connectivity index (χ4n) is 4.54. The van der Waals surface area contributed by atoms with Crippen molar-refractivity contribution in [3.8, 4) is 0 Å². The third kappa shape index (κ3) is 5.26. The monoisotopic (exact) mass is 487 g/mol. The molecular formula is C24H29N3O4S2. The van der Waals surface area contributed by atoms with E-state index >= 15 is 0 Å². The highest BCUT2D eigenvalue weighted by atomic mass is 32.2. The molecular weight excluding hydrogens is 458 g/mol. The summed E-state index contributed by atoms with van der Waals surface area (Å²) in [5.74, 6) is 0.0833. The van der Waals surface area contributed by atoms with Gasteiger partial charge in [-0.1, -0.05) is 6.07 Å². The molecule has 33 heavy (non-hydrogen) atoms. The molecule has 176 valence electrons. The Morgan fingerprint density at radius 2 is 1.85 bits per heavy atom. The minimum Gasteiger partial charge on any atom is -0.326 e. The van der Waals surface area contributed by atoms with Crippen molar-refractivity contribution in [2.24, 2.45) is 5.92 Å². The molecule has 0 saturated carbocycles. The Kier molecular flexibility index (Phi) is 7.11. The summed E-state index contributed by atoms with van der Waals surface area (Å²) in [7, 11) is -3.60. The maximum atomic E-state index is 13.2. The van der Waals surface area contributed by atoms with Crippen molar-refractivity contribution in [1.82, 2.24) is 4.31 Å². The molecule has 2 heterocycles. The number of benzene rings is 2. The van der Waals surface area contributed by atoms with Crippen LogP contribution < -0.4 is 10.2 Å². The van der Waals surface area contributed by atoms with E-state index in [2.05, 4.69) is 5.32 Å². The molecule has 1 fully saturated rings. The standard InChI is InChI=1S/C24H29N3O4S2/c1-17(28)27-13-10-19-15-22(6-7-23(19)27)33(30,31)26-11-8-18(9-12-26)14-24(29)25-20-4-3-5-21(16-20)32-2/h3-7,15-16,18H,8-14H2,1-2H3,(H,25,29). The second kappa shape index (κ2) is 9.87. The summed E-state index contributed by atoms with van der Waals surface area (Å²) < 4.78 is 27.9. The van der Waals surface area contributed by atoms with E-state index in [4.69, 9.17) is 0 Å². The molecule has 2 aliphatic heterocycles. The number of rotatable bonds is 6. The second-order valence-electron chi connectivity index (χ2n) is 8.54. The first-order valence-corrected chi connectivity index (χ1v) is 13.8. The van der Waals surface area contributed by atoms with Gasteiger partial charge < -0.3 is 10.2 Å². The molecule has 2 aromatic carbocycles. The average molecular weight is 488 g/mol. The Bertz CT molecular complexity index is 1160. The van der Waals surface area contributed by atoms with E-state index in [9.17, 15) is 18.0 Å². The lowest BCUT2D eigenvalue weighted by atomic mass is 9.94. The first-order chi connectivity index (χ1) is 15.8. The quantitative estimate of drug-likeness (QED) is 0.627. The van der Waals surface area contributed by atoms with Gasteiger partial charge in [0, 0.05) is 49.2 Å². The minimum atomic E-state index is -3.60. The van der Waals surface area contributed by atoms with Crippen LogP contribution in [0.25, 0.3) is 0 Å². The van der Waals surface area contributed by atoms with Gasteiger partial charge in [-0.3, -0.25) is 9.59 Å². The molecule has 9 heteroatoms. The number of fused-ring (bicyclic) bond motifs is 1. The molecule has 0 aromatic heterocycles. The van der Waals surface area contributed by atoms with Crippen LogP contribution in [-0.4, -0.2) is 50.4 Å². The minimum absolute atomic E-state index is 0.0348. The molecule has 0 spiro atoms. The molecule has 0 aliphatic carbocycles. The van der Waals surface area contributed by atoms with Crippen LogP contribution in [0, 0.1) is 5.92 Å². The van der Waals surface area contributed by atoms with Crippen molar-refractivity contribution in [2.45, 2.75) is 42.4 Å². The van der Waals surface area contributed by atoms with Crippen molar-refractivity contribution in [3.63, 3.8) is 0 Å². The van der Waals surface area contributed by atoms with E-state index < -0.39 is 10.0 Å². The molecule has 2 amide bonds. The van der Waals surface area contributed by atoms with Crippen LogP contribution >= 0.6 is 11.8 Å². The SMILES string of the molecule is CSc1cccc(NC(=O)CC2CCN(S(=O)(=O)c3ccc4c(c3)CCN4C(C)=O)CC2)c1. The van der Waals surface area contributed by atoms with Gasteiger partial charge in [0.05, 0.1) is 4.90 Å². The van der Waals surface area contributed by atoms with Crippen LogP contribution in [0.5, 0.6) is 0 Å². The summed E-state index contributed by atoms with van der Waals surface area (Å²) in [6.07, 6.45) is 4.35. The number of anilines is 2. The van der Waals surface area contributed by atoms with Crippen LogP contribution in [0.1, 0.15) is 31.7 Å². The molecule has 0 radical (unpaired) electrons. The fourth-order valence-corrected chi connectivity index (χ4v) is 6.52. The molecule has 1 N–H and O–H groups in total. The van der Waals surface area contributed by atoms with Gasteiger partial charge in [-0.05, 0) is 73.4 Å². The Morgan fingerprint density at radius 1 is 1.09 bits per heavy atom. The first kappa shape index (κ1) is 23.8. The number of hydrogen-bond acceptors (Lipinski definition) is 5. The smallest absolute Gasteiger partial charge is 0.243 e. The number of hydrogen-bond donors (Lipinski definition) is 1. The number of amides is 2. The van der Waals surface area contributed by atoms with E-state index in [1.807, 2.05) is 30.5 Å². The van der Waals surface area contributed by atoms with Gasteiger partial charge in [-0.15, -0.1) is 11.8 Å². The summed E-state index contributed by atoms with van der Waals surface area (Å²) in [6, 6.07) is 12.8. The van der Waals surface area contributed by atoms with Gasteiger partial charge in [0.2, 0.25) is 21.8 Å². The highest BCUT2D eigenvalue weighted by molar-refractivity contribution is 7.98. The molecule has 2 aromatic rings. The molecule has 0 unspecified atom stereocenters. The van der Waals surface area contributed by atoms with Crippen LogP contribution in [0.4, 0.5) is 11.4 Å². The number of carbonyl (C=O) groups excluding carboxylic acids is 2. The Morgan fingerprint density at radius 3 is 2.55 bits per heavy atom. The number of carbonyl (C=O) groups is 2. The van der Waals surface area contributed by atoms with Gasteiger partial charge in [0.15, 0.2) is 0 Å². The number of sulfonamides is 1. The van der Waals surface area contributed by atoms with E-state index in [0.717, 1.165) is 21.8 Å². The molecule has 1 saturated heterocycles. The van der Waals surface area contributed by atoms with E-state index in [0.29, 0.717) is 45.3 Å². The maximum absolute atomic E-state index is 13.2. The van der Waals surface area contributed by atoms with Crippen molar-refractivity contribution < 1.29 is 18.0 Å². The van der Waals surface area contributed by atoms with Gasteiger partial charge in [0.1, 0.15) is 0 Å². The second-order valence-corrected chi connectivity index (χ2v) is 11.4. The van der Waals surface area contributed by atoms with Gasteiger partial charge in [-0.2, -0.15) is 4.31 Å². The normalized spacial score (nSPS) is 17.1. The van der Waals surface area contributed by atoms with E-state index in [1.165, 1.54) is 11.2 Å². The van der Waals surface area contributed by atoms with Crippen molar-refractivity contribution in [2.75, 3.05) is 36.1 Å². The number of nitrogens with one attached hydrogen (secondary N) is 1. The molecule has 2 aliphatic rings. The topological polar surface area (TPSA) is 86.8 Å². The van der Waals surface area contributed by atoms with Crippen LogP contribution in [0.3, 0.4) is 0 Å². The molecule has 0 atom stereocenters. The lowest BCUT2D eigenvalue weighted by Crippen LogP contribution is -2.39. The Balaban J connectivity index is 1.34.